The van der Waals surface area contributed by atoms with Crippen molar-refractivity contribution in [3.05, 3.63) is 77.1 Å². The van der Waals surface area contributed by atoms with Crippen LogP contribution >= 0.6 is 0 Å². The van der Waals surface area contributed by atoms with Gasteiger partial charge in [0, 0.05) is 19.2 Å². The van der Waals surface area contributed by atoms with E-state index in [0.29, 0.717) is 37.9 Å². The monoisotopic (exact) mass is 478 g/mol. The van der Waals surface area contributed by atoms with E-state index in [0.717, 1.165) is 11.1 Å². The number of pyridine rings is 1. The van der Waals surface area contributed by atoms with Gasteiger partial charge in [0.1, 0.15) is 5.56 Å². The molecule has 2 heterocycles. The molecule has 10 nitrogen and oxygen atoms in total. The summed E-state index contributed by atoms with van der Waals surface area (Å²) in [5, 5.41) is 19.6. The minimum atomic E-state index is -0.977. The van der Waals surface area contributed by atoms with E-state index in [-0.39, 0.29) is 29.3 Å². The van der Waals surface area contributed by atoms with Gasteiger partial charge in [0.2, 0.25) is 5.88 Å². The van der Waals surface area contributed by atoms with Crippen LogP contribution in [-0.4, -0.2) is 51.0 Å². The number of nitrogens with one attached hydrogen (secondary N) is 1. The number of aromatic nitrogens is 3. The van der Waals surface area contributed by atoms with Gasteiger partial charge in [-0.15, -0.1) is 0 Å². The summed E-state index contributed by atoms with van der Waals surface area (Å²) >= 11 is 0. The van der Waals surface area contributed by atoms with Crippen LogP contribution in [0.4, 0.5) is 0 Å². The number of aliphatic carboxylic acids is 1. The van der Waals surface area contributed by atoms with Crippen molar-refractivity contribution in [2.45, 2.75) is 44.8 Å². The quantitative estimate of drug-likeness (QED) is 0.419. The molecule has 0 aliphatic heterocycles. The summed E-state index contributed by atoms with van der Waals surface area (Å²) in [4.78, 5) is 28.0. The van der Waals surface area contributed by atoms with Crippen LogP contribution in [0.5, 0.6) is 11.8 Å². The maximum Gasteiger partial charge on any atom is 0.332 e. The lowest BCUT2D eigenvalue weighted by molar-refractivity contribution is -0.153. The molecule has 1 aliphatic rings. The Morgan fingerprint density at radius 1 is 1.17 bits per heavy atom. The van der Waals surface area contributed by atoms with E-state index < -0.39 is 12.1 Å². The Morgan fingerprint density at radius 3 is 2.74 bits per heavy atom. The highest BCUT2D eigenvalue weighted by Gasteiger charge is 2.22. The summed E-state index contributed by atoms with van der Waals surface area (Å²) in [7, 11) is 0. The Kier molecular flexibility index (Phi) is 7.84. The largest absolute Gasteiger partial charge is 0.479 e. The fraction of sp³-hybridized carbons (Fsp3) is 0.320. The van der Waals surface area contributed by atoms with E-state index in [1.807, 2.05) is 36.4 Å². The SMILES string of the molecule is CC(OC1CC=C(CNC(=O)c2cccnc2Oc2nonc2Cc2ccccc2)CC1)C(=O)O. The number of carbonyl (C=O) groups excluding carboxylic acids is 1. The molecule has 35 heavy (non-hydrogen) atoms. The Balaban J connectivity index is 1.36. The van der Waals surface area contributed by atoms with Gasteiger partial charge in [-0.25, -0.2) is 14.4 Å². The number of benzene rings is 1. The topological polar surface area (TPSA) is 137 Å². The molecule has 4 rings (SSSR count). The molecular formula is C25H26N4O6. The van der Waals surface area contributed by atoms with E-state index in [1.165, 1.54) is 13.1 Å². The number of hydrogen-bond acceptors (Lipinski definition) is 8. The van der Waals surface area contributed by atoms with Gasteiger partial charge >= 0.3 is 5.97 Å². The molecule has 2 aromatic heterocycles. The summed E-state index contributed by atoms with van der Waals surface area (Å²) < 4.78 is 16.2. The summed E-state index contributed by atoms with van der Waals surface area (Å²) in [5.41, 5.74) is 2.82. The number of hydrogen-bond donors (Lipinski definition) is 2. The predicted molar refractivity (Wildman–Crippen MR) is 124 cm³/mol. The fourth-order valence-corrected chi connectivity index (χ4v) is 3.69. The van der Waals surface area contributed by atoms with Crippen LogP contribution in [0.1, 0.15) is 47.8 Å². The Bertz CT molecular complexity index is 1190. The van der Waals surface area contributed by atoms with Gasteiger partial charge in [-0.3, -0.25) is 4.79 Å². The molecule has 0 bridgehead atoms. The molecule has 1 aromatic carbocycles. The molecule has 0 fully saturated rings. The van der Waals surface area contributed by atoms with E-state index in [9.17, 15) is 9.59 Å². The molecule has 2 N–H and O–H groups in total. The zero-order valence-corrected chi connectivity index (χ0v) is 19.2. The molecule has 1 amide bonds. The first-order chi connectivity index (χ1) is 17.0. The lowest BCUT2D eigenvalue weighted by atomic mass is 9.97. The number of carbonyl (C=O) groups is 2. The maximum absolute atomic E-state index is 12.9. The normalized spacial score (nSPS) is 16.3. The van der Waals surface area contributed by atoms with Crippen LogP contribution in [-0.2, 0) is 16.0 Å². The second kappa shape index (κ2) is 11.4. The lowest BCUT2D eigenvalue weighted by Gasteiger charge is -2.24. The fourth-order valence-electron chi connectivity index (χ4n) is 3.69. The van der Waals surface area contributed by atoms with Gasteiger partial charge in [0.25, 0.3) is 11.8 Å². The van der Waals surface area contributed by atoms with Crippen LogP contribution in [0.2, 0.25) is 0 Å². The molecular weight excluding hydrogens is 452 g/mol. The van der Waals surface area contributed by atoms with Crippen molar-refractivity contribution >= 4 is 11.9 Å². The molecule has 0 saturated carbocycles. The predicted octanol–water partition coefficient (Wildman–Crippen LogP) is 3.55. The van der Waals surface area contributed by atoms with E-state index >= 15 is 0 Å². The van der Waals surface area contributed by atoms with Gasteiger partial charge < -0.3 is 19.9 Å². The lowest BCUT2D eigenvalue weighted by Crippen LogP contribution is -2.30. The van der Waals surface area contributed by atoms with Gasteiger partial charge in [-0.05, 0) is 49.0 Å². The van der Waals surface area contributed by atoms with Gasteiger partial charge in [0.05, 0.1) is 6.10 Å². The highest BCUT2D eigenvalue weighted by Crippen LogP contribution is 2.26. The third kappa shape index (κ3) is 6.51. The Hall–Kier alpha value is -4.05. The van der Waals surface area contributed by atoms with Crippen molar-refractivity contribution in [3.8, 4) is 11.8 Å². The number of nitrogens with zero attached hydrogens (tertiary/aromatic N) is 3. The highest BCUT2D eigenvalue weighted by atomic mass is 16.6. The zero-order valence-electron chi connectivity index (χ0n) is 19.2. The summed E-state index contributed by atoms with van der Waals surface area (Å²) in [6, 6.07) is 13.0. The molecule has 1 aliphatic carbocycles. The van der Waals surface area contributed by atoms with Gasteiger partial charge in [-0.2, -0.15) is 0 Å². The van der Waals surface area contributed by atoms with E-state index in [4.69, 9.17) is 19.2 Å². The first kappa shape index (κ1) is 24.1. The Morgan fingerprint density at radius 2 is 2.00 bits per heavy atom. The zero-order chi connectivity index (χ0) is 24.6. The van der Waals surface area contributed by atoms with Crippen molar-refractivity contribution < 1.29 is 28.8 Å². The van der Waals surface area contributed by atoms with Crippen LogP contribution in [0.3, 0.4) is 0 Å². The third-order valence-corrected chi connectivity index (χ3v) is 5.62. The molecule has 3 aromatic rings. The second-order valence-corrected chi connectivity index (χ2v) is 8.19. The number of rotatable bonds is 10. The third-order valence-electron chi connectivity index (χ3n) is 5.62. The summed E-state index contributed by atoms with van der Waals surface area (Å²) in [5.74, 6) is -1.06. The number of ether oxygens (including phenoxy) is 2. The second-order valence-electron chi connectivity index (χ2n) is 8.19. The number of carboxylic acids is 1. The first-order valence-electron chi connectivity index (χ1n) is 11.3. The molecule has 0 saturated heterocycles. The van der Waals surface area contributed by atoms with E-state index in [2.05, 4.69) is 20.6 Å². The smallest absolute Gasteiger partial charge is 0.332 e. The molecule has 182 valence electrons. The summed E-state index contributed by atoms with van der Waals surface area (Å²) in [6.07, 6.45) is 5.00. The van der Waals surface area contributed by atoms with Crippen molar-refractivity contribution in [3.63, 3.8) is 0 Å². The number of carboxylic acid groups (broad SMARTS) is 1. The van der Waals surface area contributed by atoms with Crippen LogP contribution in [0.25, 0.3) is 0 Å². The van der Waals surface area contributed by atoms with Crippen molar-refractivity contribution in [1.29, 1.82) is 0 Å². The first-order valence-corrected chi connectivity index (χ1v) is 11.3. The Labute approximate surface area is 201 Å². The van der Waals surface area contributed by atoms with Crippen LogP contribution in [0, 0.1) is 0 Å². The average Bonchev–Trinajstić information content (AvgIpc) is 3.30. The molecule has 10 heteroatoms. The molecule has 2 unspecified atom stereocenters. The molecule has 0 radical (unpaired) electrons. The van der Waals surface area contributed by atoms with Crippen molar-refractivity contribution in [1.82, 2.24) is 20.6 Å². The highest BCUT2D eigenvalue weighted by molar-refractivity contribution is 5.96. The van der Waals surface area contributed by atoms with E-state index in [1.54, 1.807) is 12.1 Å². The van der Waals surface area contributed by atoms with Crippen molar-refractivity contribution in [2.24, 2.45) is 0 Å². The number of amides is 1. The van der Waals surface area contributed by atoms with Crippen LogP contribution in [0.15, 0.2) is 64.9 Å². The van der Waals surface area contributed by atoms with Gasteiger partial charge in [-0.1, -0.05) is 47.1 Å². The maximum atomic E-state index is 12.9. The summed E-state index contributed by atoms with van der Waals surface area (Å²) in [6.45, 7) is 1.88. The average molecular weight is 479 g/mol. The van der Waals surface area contributed by atoms with Gasteiger partial charge in [0.15, 0.2) is 11.8 Å². The molecule has 2 atom stereocenters. The minimum Gasteiger partial charge on any atom is -0.479 e. The molecule has 0 spiro atoms. The van der Waals surface area contributed by atoms with Crippen molar-refractivity contribution in [2.75, 3.05) is 6.54 Å². The minimum absolute atomic E-state index is 0.101. The van der Waals surface area contributed by atoms with Crippen LogP contribution < -0.4 is 10.1 Å². The standard InChI is InChI=1S/C25H26N4O6/c1-16(25(31)32)33-19-11-9-18(10-12-19)15-27-22(30)20-8-5-13-26-23(20)34-24-21(28-35-29-24)14-17-6-3-2-4-7-17/h2-9,13,16,19H,10-12,14-15H2,1H3,(H,27,30)(H,31,32).